The van der Waals surface area contributed by atoms with Crippen molar-refractivity contribution in [2.24, 2.45) is 0 Å². The van der Waals surface area contributed by atoms with Crippen molar-refractivity contribution in [3.05, 3.63) is 82.4 Å². The topological polar surface area (TPSA) is 93.7 Å². The van der Waals surface area contributed by atoms with Crippen LogP contribution in [0.25, 0.3) is 0 Å². The maximum atomic E-state index is 12.3. The first-order chi connectivity index (χ1) is 18.1. The Hall–Kier alpha value is -3.84. The SMILES string of the molecule is Cc1ccc(C(C)C)c(Oc2ccc(NC(=O)CCCC(=O)OCC(=O)Nc3ccc(C)c(Cl)c3)cc2)c1. The van der Waals surface area contributed by atoms with Gasteiger partial charge in [0, 0.05) is 29.2 Å². The van der Waals surface area contributed by atoms with Crippen LogP contribution in [0.3, 0.4) is 0 Å². The molecule has 0 saturated carbocycles. The molecule has 3 aromatic rings. The lowest BCUT2D eigenvalue weighted by molar-refractivity contribution is -0.147. The van der Waals surface area contributed by atoms with Gasteiger partial charge in [0.25, 0.3) is 5.91 Å². The first-order valence-electron chi connectivity index (χ1n) is 12.5. The van der Waals surface area contributed by atoms with Crippen LogP contribution < -0.4 is 15.4 Å². The summed E-state index contributed by atoms with van der Waals surface area (Å²) in [6.07, 6.45) is 0.466. The van der Waals surface area contributed by atoms with Crippen molar-refractivity contribution in [3.63, 3.8) is 0 Å². The Morgan fingerprint density at radius 2 is 1.53 bits per heavy atom. The second-order valence-corrected chi connectivity index (χ2v) is 9.80. The first kappa shape index (κ1) is 28.7. The van der Waals surface area contributed by atoms with E-state index in [4.69, 9.17) is 21.1 Å². The van der Waals surface area contributed by atoms with E-state index in [1.807, 2.05) is 19.9 Å². The van der Waals surface area contributed by atoms with E-state index < -0.39 is 18.5 Å². The molecule has 0 aliphatic carbocycles. The van der Waals surface area contributed by atoms with Crippen LogP contribution in [0.1, 0.15) is 55.7 Å². The van der Waals surface area contributed by atoms with Crippen molar-refractivity contribution in [2.75, 3.05) is 17.2 Å². The van der Waals surface area contributed by atoms with E-state index in [-0.39, 0.29) is 18.7 Å². The first-order valence-corrected chi connectivity index (χ1v) is 12.9. The molecule has 0 heterocycles. The Kier molecular flexibility index (Phi) is 10.3. The molecule has 0 aliphatic rings. The van der Waals surface area contributed by atoms with Gasteiger partial charge in [-0.3, -0.25) is 14.4 Å². The maximum absolute atomic E-state index is 12.3. The monoisotopic (exact) mass is 536 g/mol. The average molecular weight is 537 g/mol. The molecule has 0 unspecified atom stereocenters. The number of halogens is 1. The van der Waals surface area contributed by atoms with Gasteiger partial charge in [-0.15, -0.1) is 0 Å². The standard InChI is InChI=1S/C30H33ClN2O5/c1-19(2)25-15-8-20(3)16-27(25)38-24-13-11-22(12-14-24)32-28(34)6-5-7-30(36)37-18-29(35)33-23-10-9-21(4)26(31)17-23/h8-17,19H,5-7,18H2,1-4H3,(H,32,34)(H,33,35). The fourth-order valence-electron chi connectivity index (χ4n) is 3.64. The highest BCUT2D eigenvalue weighted by molar-refractivity contribution is 6.31. The highest BCUT2D eigenvalue weighted by atomic mass is 35.5. The largest absolute Gasteiger partial charge is 0.457 e. The van der Waals surface area contributed by atoms with Gasteiger partial charge in [0.1, 0.15) is 11.5 Å². The minimum atomic E-state index is -0.548. The number of hydrogen-bond donors (Lipinski definition) is 2. The van der Waals surface area contributed by atoms with Gasteiger partial charge in [-0.05, 0) is 85.3 Å². The van der Waals surface area contributed by atoms with Gasteiger partial charge in [-0.2, -0.15) is 0 Å². The third kappa shape index (κ3) is 8.92. The molecule has 0 saturated heterocycles. The van der Waals surface area contributed by atoms with Crippen molar-refractivity contribution in [1.82, 2.24) is 0 Å². The van der Waals surface area contributed by atoms with Crippen LogP contribution in [0.15, 0.2) is 60.7 Å². The molecule has 0 bridgehead atoms. The van der Waals surface area contributed by atoms with Gasteiger partial charge in [-0.25, -0.2) is 0 Å². The highest BCUT2D eigenvalue weighted by Gasteiger charge is 2.12. The number of esters is 1. The van der Waals surface area contributed by atoms with Gasteiger partial charge in [0.15, 0.2) is 6.61 Å². The van der Waals surface area contributed by atoms with Gasteiger partial charge < -0.3 is 20.1 Å². The van der Waals surface area contributed by atoms with Gasteiger partial charge in [0.2, 0.25) is 5.91 Å². The lowest BCUT2D eigenvalue weighted by Crippen LogP contribution is -2.21. The third-order valence-corrected chi connectivity index (χ3v) is 6.17. The van der Waals surface area contributed by atoms with Gasteiger partial charge in [-0.1, -0.05) is 43.6 Å². The number of benzene rings is 3. The van der Waals surface area contributed by atoms with Crippen LogP contribution in [-0.4, -0.2) is 24.4 Å². The van der Waals surface area contributed by atoms with Crippen LogP contribution in [0.5, 0.6) is 11.5 Å². The molecule has 8 heteroatoms. The summed E-state index contributed by atoms with van der Waals surface area (Å²) in [4.78, 5) is 36.2. The molecule has 2 N–H and O–H groups in total. The minimum Gasteiger partial charge on any atom is -0.457 e. The molecule has 3 aromatic carbocycles. The second kappa shape index (κ2) is 13.6. The Balaban J connectivity index is 1.38. The van der Waals surface area contributed by atoms with Gasteiger partial charge in [0.05, 0.1) is 0 Å². The molecule has 3 rings (SSSR count). The fourth-order valence-corrected chi connectivity index (χ4v) is 3.82. The summed E-state index contributed by atoms with van der Waals surface area (Å²) >= 11 is 6.04. The predicted molar refractivity (Wildman–Crippen MR) is 150 cm³/mol. The minimum absolute atomic E-state index is 0.0263. The van der Waals surface area contributed by atoms with Crippen LogP contribution in [0, 0.1) is 13.8 Å². The zero-order chi connectivity index (χ0) is 27.7. The van der Waals surface area contributed by atoms with Crippen molar-refractivity contribution < 1.29 is 23.9 Å². The molecule has 0 atom stereocenters. The zero-order valence-electron chi connectivity index (χ0n) is 22.1. The number of aryl methyl sites for hydroxylation is 2. The number of carbonyl (C=O) groups is 3. The lowest BCUT2D eigenvalue weighted by atomic mass is 10.0. The van der Waals surface area contributed by atoms with Crippen LogP contribution >= 0.6 is 11.6 Å². The maximum Gasteiger partial charge on any atom is 0.306 e. The van der Waals surface area contributed by atoms with E-state index in [2.05, 4.69) is 36.6 Å². The zero-order valence-corrected chi connectivity index (χ0v) is 22.9. The molecule has 2 amide bonds. The molecule has 0 aromatic heterocycles. The molecular weight excluding hydrogens is 504 g/mol. The van der Waals surface area contributed by atoms with Crippen molar-refractivity contribution in [1.29, 1.82) is 0 Å². The number of anilines is 2. The summed E-state index contributed by atoms with van der Waals surface area (Å²) < 4.78 is 11.1. The Morgan fingerprint density at radius 3 is 2.21 bits per heavy atom. The Labute approximate surface area is 228 Å². The molecule has 0 fully saturated rings. The smallest absolute Gasteiger partial charge is 0.306 e. The number of carbonyl (C=O) groups excluding carboxylic acids is 3. The third-order valence-electron chi connectivity index (χ3n) is 5.76. The molecule has 200 valence electrons. The molecule has 0 aliphatic heterocycles. The number of rotatable bonds is 11. The summed E-state index contributed by atoms with van der Waals surface area (Å²) in [7, 11) is 0. The summed E-state index contributed by atoms with van der Waals surface area (Å²) in [6.45, 7) is 7.71. The van der Waals surface area contributed by atoms with Crippen molar-refractivity contribution >= 4 is 40.8 Å². The Bertz CT molecular complexity index is 1290. The van der Waals surface area contributed by atoms with E-state index in [0.717, 1.165) is 22.4 Å². The molecular formula is C30H33ClN2O5. The van der Waals surface area contributed by atoms with E-state index >= 15 is 0 Å². The van der Waals surface area contributed by atoms with Crippen molar-refractivity contribution in [2.45, 2.75) is 52.9 Å². The molecule has 0 spiro atoms. The summed E-state index contributed by atoms with van der Waals surface area (Å²) in [5.74, 6) is 0.589. The molecule has 7 nitrogen and oxygen atoms in total. The predicted octanol–water partition coefficient (Wildman–Crippen LogP) is 7.16. The average Bonchev–Trinajstić information content (AvgIpc) is 2.86. The summed E-state index contributed by atoms with van der Waals surface area (Å²) in [5, 5.41) is 5.96. The molecule has 0 radical (unpaired) electrons. The number of hydrogen-bond acceptors (Lipinski definition) is 5. The van der Waals surface area contributed by atoms with E-state index in [0.29, 0.717) is 34.5 Å². The second-order valence-electron chi connectivity index (χ2n) is 9.40. The number of ether oxygens (including phenoxy) is 2. The quantitative estimate of drug-likeness (QED) is 0.253. The summed E-state index contributed by atoms with van der Waals surface area (Å²) in [5.41, 5.74) is 4.29. The normalized spacial score (nSPS) is 10.7. The lowest BCUT2D eigenvalue weighted by Gasteiger charge is -2.15. The van der Waals surface area contributed by atoms with Crippen LogP contribution in [0.4, 0.5) is 11.4 Å². The van der Waals surface area contributed by atoms with E-state index in [1.165, 1.54) is 0 Å². The van der Waals surface area contributed by atoms with Crippen molar-refractivity contribution in [3.8, 4) is 11.5 Å². The van der Waals surface area contributed by atoms with E-state index in [9.17, 15) is 14.4 Å². The Morgan fingerprint density at radius 1 is 0.842 bits per heavy atom. The number of amides is 2. The summed E-state index contributed by atoms with van der Waals surface area (Å²) in [6, 6.07) is 18.4. The van der Waals surface area contributed by atoms with Crippen LogP contribution in [-0.2, 0) is 19.1 Å². The van der Waals surface area contributed by atoms with Crippen LogP contribution in [0.2, 0.25) is 5.02 Å². The van der Waals surface area contributed by atoms with E-state index in [1.54, 1.807) is 42.5 Å². The number of nitrogens with one attached hydrogen (secondary N) is 2. The highest BCUT2D eigenvalue weighted by Crippen LogP contribution is 2.32. The molecule has 38 heavy (non-hydrogen) atoms. The van der Waals surface area contributed by atoms with Gasteiger partial charge >= 0.3 is 5.97 Å². The fraction of sp³-hybridized carbons (Fsp3) is 0.300.